The van der Waals surface area contributed by atoms with E-state index in [1.807, 2.05) is 5.21 Å². The third-order valence-electron chi connectivity index (χ3n) is 3.23. The van der Waals surface area contributed by atoms with Crippen molar-refractivity contribution in [2.75, 3.05) is 26.1 Å². The molecule has 3 rings (SSSR count). The van der Waals surface area contributed by atoms with Crippen LogP contribution in [-0.4, -0.2) is 62.0 Å². The second-order valence-electron chi connectivity index (χ2n) is 4.84. The summed E-state index contributed by atoms with van der Waals surface area (Å²) in [7, 11) is 0. The van der Waals surface area contributed by atoms with Gasteiger partial charge in [-0.25, -0.2) is 0 Å². The van der Waals surface area contributed by atoms with E-state index in [0.717, 1.165) is 0 Å². The maximum Gasteiger partial charge on any atom is 0.269 e. The van der Waals surface area contributed by atoms with Crippen LogP contribution < -0.4 is 10.9 Å². The van der Waals surface area contributed by atoms with Gasteiger partial charge in [0.25, 0.3) is 11.5 Å². The molecule has 0 spiro atoms. The summed E-state index contributed by atoms with van der Waals surface area (Å²) >= 11 is 0. The largest absolute Gasteiger partial charge is 0.505 e. The highest BCUT2D eigenvalue weighted by atomic mass is 16.3. The average molecular weight is 382 g/mol. The summed E-state index contributed by atoms with van der Waals surface area (Å²) in [5.74, 6) is -3.09. The zero-order valence-electron chi connectivity index (χ0n) is 32.0. The molecule has 3 N–H and O–H groups in total. The van der Waals surface area contributed by atoms with Crippen LogP contribution in [0.4, 0.5) is 0 Å². The number of aromatic amines is 1. The summed E-state index contributed by atoms with van der Waals surface area (Å²) in [6.07, 6.45) is -12.2. The molecule has 2 aromatic heterocycles. The van der Waals surface area contributed by atoms with Crippen LogP contribution in [0.1, 0.15) is 80.3 Å². The maximum atomic E-state index is 13.5. The molecule has 0 aliphatic carbocycles. The zero-order chi connectivity index (χ0) is 35.3. The Hall–Kier alpha value is -2.42. The highest BCUT2D eigenvalue weighted by Crippen LogP contribution is 2.24. The van der Waals surface area contributed by atoms with Gasteiger partial charge in [0, 0.05) is 35.9 Å². The van der Waals surface area contributed by atoms with E-state index in [1.54, 1.807) is 0 Å². The van der Waals surface area contributed by atoms with E-state index in [1.165, 1.54) is 0 Å². The van der Waals surface area contributed by atoms with Crippen LogP contribution in [0.3, 0.4) is 0 Å². The van der Waals surface area contributed by atoms with E-state index in [0.29, 0.717) is 0 Å². The van der Waals surface area contributed by atoms with Crippen LogP contribution in [0.2, 0.25) is 1.41 Å². The van der Waals surface area contributed by atoms with Crippen LogP contribution in [0.25, 0.3) is 11.2 Å². The summed E-state index contributed by atoms with van der Waals surface area (Å²) in [6.45, 7) is -18.3. The molecule has 0 bridgehead atoms. The van der Waals surface area contributed by atoms with Crippen LogP contribution in [0.5, 0.6) is 5.75 Å². The summed E-state index contributed by atoms with van der Waals surface area (Å²) < 4.78 is 151. The molecule has 9 heteroatoms. The number of likely N-dealkylation sites (tertiary alicyclic amines) is 1. The Bertz CT molecular complexity index is 1500. The zero-order valence-corrected chi connectivity index (χ0v) is 13.0. The van der Waals surface area contributed by atoms with Gasteiger partial charge in [-0.15, -0.1) is 5.10 Å². The van der Waals surface area contributed by atoms with E-state index in [9.17, 15) is 14.7 Å². The number of H-pyrrole nitrogens is 1. The van der Waals surface area contributed by atoms with Crippen molar-refractivity contribution in [3.8, 4) is 5.75 Å². The number of aromatic hydroxyl groups is 1. The lowest BCUT2D eigenvalue weighted by Crippen LogP contribution is -2.36. The Labute approximate surface area is 178 Å². The van der Waals surface area contributed by atoms with Gasteiger partial charge in [0.1, 0.15) is 5.56 Å². The number of rotatable bonds is 6. The first-order valence-corrected chi connectivity index (χ1v) is 7.10. The number of amides is 1. The first kappa shape index (κ1) is 6.05. The van der Waals surface area contributed by atoms with Gasteiger partial charge in [0.15, 0.2) is 18.3 Å². The van der Waals surface area contributed by atoms with Crippen LogP contribution in [0.15, 0.2) is 4.79 Å². The summed E-state index contributed by atoms with van der Waals surface area (Å²) in [4.78, 5) is 26.5. The molecule has 1 aliphatic heterocycles. The molecule has 0 aromatic carbocycles. The Balaban J connectivity index is 2.07. The number of aromatic nitrogens is 4. The molecule has 1 aliphatic rings. The molecule has 142 valence electrons. The quantitative estimate of drug-likeness (QED) is 0.688. The molecule has 0 radical (unpaired) electrons. The number of hydrogen-bond donors (Lipinski definition) is 3. The number of hydrogen-bond acceptors (Lipinski definition) is 6. The second-order valence-corrected chi connectivity index (χ2v) is 4.84. The molecule has 1 atom stereocenters. The van der Waals surface area contributed by atoms with E-state index in [4.69, 9.17) is 26.1 Å². The highest BCUT2D eigenvalue weighted by molar-refractivity contribution is 6.00. The molecule has 2 aromatic rings. The summed E-state index contributed by atoms with van der Waals surface area (Å²) in [5, 5.41) is 19.3. The normalized spacial score (nSPS) is 38.7. The van der Waals surface area contributed by atoms with Gasteiger partial charge in [-0.2, -0.15) is 10.3 Å². The van der Waals surface area contributed by atoms with Crippen molar-refractivity contribution < 1.29 is 36.0 Å². The minimum Gasteiger partial charge on any atom is -0.505 e. The molecule has 1 saturated heterocycles. The number of fused-ring (bicyclic) bond motifs is 1. The van der Waals surface area contributed by atoms with Crippen LogP contribution in [-0.2, 0) is 0 Å². The first-order chi connectivity index (χ1) is 19.9. The molecule has 3 heterocycles. The fraction of sp³-hybridized carbons (Fsp3) is 0.647. The predicted octanol–water partition coefficient (Wildman–Crippen LogP) is 1.01. The van der Waals surface area contributed by atoms with Crippen molar-refractivity contribution in [1.82, 2.24) is 30.2 Å². The van der Waals surface area contributed by atoms with E-state index >= 15 is 0 Å². The fourth-order valence-corrected chi connectivity index (χ4v) is 2.13. The van der Waals surface area contributed by atoms with Gasteiger partial charge in [-0.05, 0) is 52.4 Å². The monoisotopic (exact) mass is 381 g/mol. The van der Waals surface area contributed by atoms with Crippen molar-refractivity contribution in [2.24, 2.45) is 0 Å². The number of nitrogens with one attached hydrogen (secondary N) is 2. The van der Waals surface area contributed by atoms with Crippen molar-refractivity contribution in [3.63, 3.8) is 0 Å². The Morgan fingerprint density at radius 1 is 1.50 bits per heavy atom. The summed E-state index contributed by atoms with van der Waals surface area (Å²) in [6, 6.07) is -3.82. The van der Waals surface area contributed by atoms with Gasteiger partial charge in [-0.1, -0.05) is 6.37 Å². The molecule has 26 heavy (non-hydrogen) atoms. The highest BCUT2D eigenvalue weighted by Gasteiger charge is 2.25. The molecule has 1 amide bonds. The topological polar surface area (TPSA) is 116 Å². The first-order valence-electron chi connectivity index (χ1n) is 16.6. The SMILES string of the molecule is [2H]C(CCN([2H])C(=O)c1c(O)c2n[nH]nc2n(C([2H])(C([2H])([2H])[2H])C([2H])([2H])[2H])c1=O)N1C([2H])([2H])C([2H])([2H])C([2H])([2H])C([2H])([2H])C1([2H])[2H]. The second kappa shape index (κ2) is 7.86. The number of piperidine rings is 1. The van der Waals surface area contributed by atoms with Gasteiger partial charge >= 0.3 is 0 Å². The van der Waals surface area contributed by atoms with Crippen molar-refractivity contribution in [3.05, 3.63) is 15.9 Å². The molecule has 1 unspecified atom stereocenters. The summed E-state index contributed by atoms with van der Waals surface area (Å²) in [5.41, 5.74) is -5.14. The maximum absolute atomic E-state index is 13.5. The lowest BCUT2D eigenvalue weighted by molar-refractivity contribution is 0.0946. The standard InChI is InChI=1S/C17H26N6O3/c1-11(2)23-15-13(19-21-20-15)14(24)12(17(23)26)16(25)18-7-6-10-22-8-4-3-5-9-22/h11,24H,3-10H2,1-2H3,(H,18,25)(H,19,20,21)/i1D3,2D3,3D2,4D2,5D2,8D2,9D2,10D,11D/hD. The molecule has 0 saturated carbocycles. The van der Waals surface area contributed by atoms with E-state index in [-0.39, 0.29) is 14.8 Å². The number of nitrogens with zero attached hydrogens (tertiary/aromatic N) is 4. The van der Waals surface area contributed by atoms with Gasteiger partial charge < -0.3 is 15.3 Å². The van der Waals surface area contributed by atoms with Crippen LogP contribution >= 0.6 is 0 Å². The minimum absolute atomic E-state index is 0.151. The third kappa shape index (κ3) is 3.57. The number of pyridine rings is 1. The fourth-order valence-electron chi connectivity index (χ4n) is 2.13. The van der Waals surface area contributed by atoms with Gasteiger partial charge in [-0.3, -0.25) is 14.2 Å². The van der Waals surface area contributed by atoms with Gasteiger partial charge in [0.2, 0.25) is 0 Å². The Morgan fingerprint density at radius 3 is 3.00 bits per heavy atom. The number of carbonyl (C=O) groups excluding carboxylic acids is 1. The molecule has 9 nitrogen and oxygen atoms in total. The molecular formula is C17H26N6O3. The third-order valence-corrected chi connectivity index (χ3v) is 3.23. The average Bonchev–Trinajstić information content (AvgIpc) is 3.34. The smallest absolute Gasteiger partial charge is 0.269 e. The van der Waals surface area contributed by atoms with E-state index < -0.39 is 105 Å². The molecular weight excluding hydrogens is 336 g/mol. The predicted molar refractivity (Wildman–Crippen MR) is 97.4 cm³/mol. The lowest BCUT2D eigenvalue weighted by atomic mass is 10.1. The Morgan fingerprint density at radius 2 is 2.27 bits per heavy atom. The van der Waals surface area contributed by atoms with Crippen molar-refractivity contribution in [1.29, 1.82) is 0 Å². The van der Waals surface area contributed by atoms with Crippen molar-refractivity contribution >= 4 is 17.1 Å². The minimum atomic E-state index is -3.82. The Kier molecular flexibility index (Phi) is 1.83. The molecule has 1 fully saturated rings. The van der Waals surface area contributed by atoms with Crippen LogP contribution in [0, 0.1) is 0 Å². The van der Waals surface area contributed by atoms with Gasteiger partial charge in [0.05, 0.1) is 1.37 Å². The number of carbonyl (C=O) groups is 1. The lowest BCUT2D eigenvalue weighted by Gasteiger charge is -2.26. The van der Waals surface area contributed by atoms with E-state index in [2.05, 4.69) is 10.2 Å². The van der Waals surface area contributed by atoms with Crippen molar-refractivity contribution in [2.45, 2.75) is 45.3 Å².